The van der Waals surface area contributed by atoms with Gasteiger partial charge in [0.2, 0.25) is 0 Å². The fraction of sp³-hybridized carbons (Fsp3) is 0.406. The van der Waals surface area contributed by atoms with E-state index in [1.54, 1.807) is 6.92 Å². The number of halogens is 9. The van der Waals surface area contributed by atoms with Crippen molar-refractivity contribution in [2.45, 2.75) is 53.7 Å². The van der Waals surface area contributed by atoms with Crippen LogP contribution in [0.1, 0.15) is 30.0 Å². The molecule has 0 radical (unpaired) electrons. The quantitative estimate of drug-likeness (QED) is 0.197. The number of carbonyl (C=O) groups is 1. The van der Waals surface area contributed by atoms with Gasteiger partial charge < -0.3 is 19.3 Å². The molecule has 2 aliphatic rings. The van der Waals surface area contributed by atoms with Gasteiger partial charge in [-0.25, -0.2) is 26.4 Å². The van der Waals surface area contributed by atoms with E-state index in [1.807, 2.05) is 0 Å². The van der Waals surface area contributed by atoms with Gasteiger partial charge in [0.15, 0.2) is 9.84 Å². The van der Waals surface area contributed by atoms with Crippen molar-refractivity contribution in [3.05, 3.63) is 101 Å². The van der Waals surface area contributed by atoms with Crippen LogP contribution in [-0.2, 0) is 36.3 Å². The molecule has 2 saturated heterocycles. The van der Waals surface area contributed by atoms with Crippen molar-refractivity contribution in [1.82, 2.24) is 9.80 Å². The zero-order valence-corrected chi connectivity index (χ0v) is 26.4. The Kier molecular flexibility index (Phi) is 9.77. The van der Waals surface area contributed by atoms with E-state index in [1.165, 1.54) is 9.80 Å². The topological polar surface area (TPSA) is 76.2 Å². The lowest BCUT2D eigenvalue weighted by atomic mass is 9.88. The highest BCUT2D eigenvalue weighted by molar-refractivity contribution is 7.92. The number of amides is 2. The molecule has 3 aromatic carbocycles. The summed E-state index contributed by atoms with van der Waals surface area (Å²) in [6.45, 7) is -0.128. The maximum absolute atomic E-state index is 14.5. The average Bonchev–Trinajstić information content (AvgIpc) is 3.49. The van der Waals surface area contributed by atoms with Crippen LogP contribution < -0.4 is 0 Å². The third-order valence-electron chi connectivity index (χ3n) is 8.76. The highest BCUT2D eigenvalue weighted by atomic mass is 32.2. The minimum atomic E-state index is -6.22. The molecule has 17 heteroatoms. The van der Waals surface area contributed by atoms with Crippen LogP contribution in [0.2, 0.25) is 0 Å². The van der Waals surface area contributed by atoms with Gasteiger partial charge in [0, 0.05) is 37.3 Å². The molecular weight excluding hydrogens is 695 g/mol. The molecule has 5 rings (SSSR count). The maximum atomic E-state index is 14.5. The molecular formula is C32H29F9N2O5S. The molecule has 2 fully saturated rings. The number of urea groups is 1. The van der Waals surface area contributed by atoms with Crippen LogP contribution in [0.3, 0.4) is 0 Å². The fourth-order valence-electron chi connectivity index (χ4n) is 6.18. The second kappa shape index (κ2) is 13.1. The molecule has 0 aromatic heterocycles. The van der Waals surface area contributed by atoms with Gasteiger partial charge in [0.05, 0.1) is 24.2 Å². The lowest BCUT2D eigenvalue weighted by molar-refractivity contribution is -0.392. The van der Waals surface area contributed by atoms with E-state index in [0.717, 1.165) is 42.5 Å². The molecule has 0 aliphatic carbocycles. The Labute approximate surface area is 275 Å². The second-order valence-corrected chi connectivity index (χ2v) is 14.0. The van der Waals surface area contributed by atoms with Gasteiger partial charge in [-0.2, -0.15) is 26.3 Å². The highest BCUT2D eigenvalue weighted by Gasteiger charge is 2.73. The van der Waals surface area contributed by atoms with Crippen molar-refractivity contribution in [2.75, 3.05) is 32.8 Å². The van der Waals surface area contributed by atoms with Crippen molar-refractivity contribution in [3.63, 3.8) is 0 Å². The number of hydrogen-bond acceptors (Lipinski definition) is 5. The smallest absolute Gasteiger partial charge is 0.375 e. The maximum Gasteiger partial charge on any atom is 0.430 e. The molecule has 0 unspecified atom stereocenters. The molecule has 7 nitrogen and oxygen atoms in total. The van der Waals surface area contributed by atoms with Crippen LogP contribution in [0.25, 0.3) is 0 Å². The van der Waals surface area contributed by atoms with Crippen LogP contribution in [-0.4, -0.2) is 75.5 Å². The Morgan fingerprint density at radius 1 is 0.878 bits per heavy atom. The summed E-state index contributed by atoms with van der Waals surface area (Å²) in [6.07, 6.45) is -13.1. The number of morpholine rings is 1. The van der Waals surface area contributed by atoms with Crippen molar-refractivity contribution >= 4 is 15.9 Å². The second-order valence-electron chi connectivity index (χ2n) is 11.8. The summed E-state index contributed by atoms with van der Waals surface area (Å²) in [4.78, 5) is 15.7. The molecule has 0 bridgehead atoms. The van der Waals surface area contributed by atoms with Crippen LogP contribution >= 0.6 is 0 Å². The normalized spacial score (nSPS) is 20.9. The number of sulfone groups is 1. The number of hydrogen-bond donors (Lipinski definition) is 0. The Hall–Kier alpha value is -3.83. The van der Waals surface area contributed by atoms with E-state index in [2.05, 4.69) is 4.74 Å². The monoisotopic (exact) mass is 724 g/mol. The fourth-order valence-corrected chi connectivity index (χ4v) is 8.26. The average molecular weight is 725 g/mol. The van der Waals surface area contributed by atoms with Gasteiger partial charge in [-0.15, -0.1) is 0 Å². The molecule has 266 valence electrons. The van der Waals surface area contributed by atoms with E-state index >= 15 is 0 Å². The van der Waals surface area contributed by atoms with E-state index in [9.17, 15) is 52.7 Å². The first-order chi connectivity index (χ1) is 22.8. The van der Waals surface area contributed by atoms with Crippen LogP contribution in [0.15, 0.2) is 71.6 Å². The number of rotatable bonds is 7. The van der Waals surface area contributed by atoms with Gasteiger partial charge in [0.25, 0.3) is 5.60 Å². The van der Waals surface area contributed by atoms with E-state index < -0.39 is 85.2 Å². The summed E-state index contributed by atoms with van der Waals surface area (Å²) in [5.41, 5.74) is -8.08. The third-order valence-corrected chi connectivity index (χ3v) is 11.3. The largest absolute Gasteiger partial charge is 0.430 e. The zero-order valence-electron chi connectivity index (χ0n) is 25.6. The van der Waals surface area contributed by atoms with Gasteiger partial charge in [-0.1, -0.05) is 30.3 Å². The molecule has 2 amide bonds. The summed E-state index contributed by atoms with van der Waals surface area (Å²) < 4.78 is 165. The van der Waals surface area contributed by atoms with E-state index in [-0.39, 0.29) is 44.3 Å². The predicted molar refractivity (Wildman–Crippen MR) is 155 cm³/mol. The third kappa shape index (κ3) is 6.47. The summed E-state index contributed by atoms with van der Waals surface area (Å²) in [7, 11) is -4.60. The van der Waals surface area contributed by atoms with Crippen LogP contribution in [0.4, 0.5) is 44.3 Å². The number of benzene rings is 3. The Morgan fingerprint density at radius 2 is 1.47 bits per heavy atom. The molecule has 2 heterocycles. The molecule has 2 aliphatic heterocycles. The molecule has 0 spiro atoms. The highest BCUT2D eigenvalue weighted by Crippen LogP contribution is 2.54. The Bertz CT molecular complexity index is 1750. The number of carbonyl (C=O) groups excluding carboxylic acids is 1. The van der Waals surface area contributed by atoms with Gasteiger partial charge in [-0.05, 0) is 55.3 Å². The number of ether oxygens (including phenoxy) is 2. The van der Waals surface area contributed by atoms with Crippen molar-refractivity contribution in [3.8, 4) is 0 Å². The van der Waals surface area contributed by atoms with Crippen molar-refractivity contribution < 1.29 is 62.2 Å². The summed E-state index contributed by atoms with van der Waals surface area (Å²) >= 11 is 0. The molecule has 3 aromatic rings. The van der Waals surface area contributed by atoms with Gasteiger partial charge in [-0.3, -0.25) is 0 Å². The predicted octanol–water partition coefficient (Wildman–Crippen LogP) is 6.86. The number of likely N-dealkylation sites (tertiary alicyclic amines) is 1. The van der Waals surface area contributed by atoms with Crippen LogP contribution in [0, 0.1) is 17.5 Å². The molecule has 49 heavy (non-hydrogen) atoms. The first kappa shape index (κ1) is 36.5. The van der Waals surface area contributed by atoms with Gasteiger partial charge >= 0.3 is 18.4 Å². The van der Waals surface area contributed by atoms with E-state index in [4.69, 9.17) is 4.74 Å². The molecule has 2 atom stereocenters. The van der Waals surface area contributed by atoms with E-state index in [0.29, 0.717) is 24.3 Å². The molecule has 0 N–H and O–H groups in total. The van der Waals surface area contributed by atoms with Crippen molar-refractivity contribution in [1.29, 1.82) is 0 Å². The minimum Gasteiger partial charge on any atom is -0.375 e. The zero-order chi connectivity index (χ0) is 36.0. The number of alkyl halides is 6. The first-order valence-electron chi connectivity index (χ1n) is 14.8. The number of nitrogens with zero attached hydrogens (tertiary/aromatic N) is 2. The lowest BCUT2D eigenvalue weighted by Gasteiger charge is -2.38. The van der Waals surface area contributed by atoms with Crippen molar-refractivity contribution in [2.24, 2.45) is 0 Å². The standard InChI is InChI=1S/C32H29F9N2O5S/c1-20-17-42(15-16-47-20)28(44)43-14-13-29(19-43,49(45,46)24-11-9-23(33)10-12-24)21-5-7-22(8-6-21)30(31(36,37)38,32(39,40)41)48-18-25-26(34)3-2-4-27(25)35/h2-12,20H,13-19H2,1H3/t20-,29-/m0/s1. The molecule has 0 saturated carbocycles. The van der Waals surface area contributed by atoms with Crippen LogP contribution in [0.5, 0.6) is 0 Å². The SMILES string of the molecule is C[C@H]1CN(C(=O)N2CC[C@](c3ccc(C(OCc4c(F)cccc4F)(C(F)(F)F)C(F)(F)F)cc3)(S(=O)(=O)c3ccc(F)cc3)C2)CCO1. The minimum absolute atomic E-state index is 0.154. The first-order valence-corrected chi connectivity index (χ1v) is 16.3. The Morgan fingerprint density at radius 3 is 2.02 bits per heavy atom. The van der Waals surface area contributed by atoms with Gasteiger partial charge in [0.1, 0.15) is 22.2 Å². The Balaban J connectivity index is 1.59. The summed E-state index contributed by atoms with van der Waals surface area (Å²) in [5.74, 6) is -3.64. The summed E-state index contributed by atoms with van der Waals surface area (Å²) in [5, 5.41) is 0. The lowest BCUT2D eigenvalue weighted by Crippen LogP contribution is -2.56. The summed E-state index contributed by atoms with van der Waals surface area (Å²) in [6, 6.07) is 7.50.